The molecular formula is C13H20N4O3. The highest BCUT2D eigenvalue weighted by molar-refractivity contribution is 5.91. The van der Waals surface area contributed by atoms with Crippen LogP contribution in [-0.4, -0.2) is 53.6 Å². The lowest BCUT2D eigenvalue weighted by atomic mass is 10.1. The number of nitrogens with two attached hydrogens (primary N) is 1. The van der Waals surface area contributed by atoms with Crippen molar-refractivity contribution in [3.05, 3.63) is 11.8 Å². The quantitative estimate of drug-likeness (QED) is 0.842. The van der Waals surface area contributed by atoms with Crippen LogP contribution >= 0.6 is 0 Å². The minimum absolute atomic E-state index is 0.0738. The van der Waals surface area contributed by atoms with E-state index in [1.165, 1.54) is 13.2 Å². The van der Waals surface area contributed by atoms with Gasteiger partial charge < -0.3 is 15.2 Å². The van der Waals surface area contributed by atoms with Crippen molar-refractivity contribution in [3.63, 3.8) is 0 Å². The third kappa shape index (κ3) is 3.16. The number of carbonyl (C=O) groups is 1. The van der Waals surface area contributed by atoms with E-state index in [1.807, 2.05) is 6.92 Å². The summed E-state index contributed by atoms with van der Waals surface area (Å²) in [6.07, 6.45) is 2.15. The van der Waals surface area contributed by atoms with Gasteiger partial charge >= 0.3 is 6.01 Å². The Kier molecular flexibility index (Phi) is 4.39. The van der Waals surface area contributed by atoms with Crippen LogP contribution in [0.2, 0.25) is 0 Å². The first-order valence-corrected chi connectivity index (χ1v) is 6.61. The van der Waals surface area contributed by atoms with Crippen molar-refractivity contribution in [2.24, 2.45) is 5.73 Å². The third-order valence-corrected chi connectivity index (χ3v) is 3.55. The molecule has 0 aromatic carbocycles. The molecular weight excluding hydrogens is 260 g/mol. The Morgan fingerprint density at radius 1 is 1.55 bits per heavy atom. The van der Waals surface area contributed by atoms with E-state index in [0.717, 1.165) is 19.4 Å². The van der Waals surface area contributed by atoms with Crippen molar-refractivity contribution in [1.29, 1.82) is 0 Å². The molecule has 0 aliphatic carbocycles. The second kappa shape index (κ2) is 6.04. The van der Waals surface area contributed by atoms with Gasteiger partial charge in [-0.3, -0.25) is 9.69 Å². The average Bonchev–Trinajstić information content (AvgIpc) is 2.84. The fourth-order valence-electron chi connectivity index (χ4n) is 2.46. The molecule has 1 aromatic rings. The molecule has 20 heavy (non-hydrogen) atoms. The second-order valence-electron chi connectivity index (χ2n) is 4.96. The first-order chi connectivity index (χ1) is 9.51. The Morgan fingerprint density at radius 2 is 2.30 bits per heavy atom. The Morgan fingerprint density at radius 3 is 2.85 bits per heavy atom. The number of primary amides is 1. The van der Waals surface area contributed by atoms with E-state index in [0.29, 0.717) is 6.04 Å². The SMILES string of the molecule is COc1cc(C(N)=O)nc(O[C@@H](C)[C@@H]2CCCN2C)n1. The van der Waals surface area contributed by atoms with Crippen LogP contribution in [0.3, 0.4) is 0 Å². The predicted octanol–water partition coefficient (Wildman–Crippen LogP) is 0.446. The maximum atomic E-state index is 11.2. The molecule has 2 N–H and O–H groups in total. The third-order valence-electron chi connectivity index (χ3n) is 3.55. The number of carbonyl (C=O) groups excluding carboxylic acids is 1. The number of amides is 1. The molecule has 2 atom stereocenters. The molecule has 0 saturated carbocycles. The standard InChI is InChI=1S/C13H20N4O3/c1-8(10-5-4-6-17(10)2)20-13-15-9(12(14)18)7-11(16-13)19-3/h7-8,10H,4-6H2,1-3H3,(H2,14,18)/t8-,10-/m0/s1. The summed E-state index contributed by atoms with van der Waals surface area (Å²) in [5, 5.41) is 0. The fourth-order valence-corrected chi connectivity index (χ4v) is 2.46. The highest BCUT2D eigenvalue weighted by Gasteiger charge is 2.28. The number of rotatable bonds is 5. The summed E-state index contributed by atoms with van der Waals surface area (Å²) in [6, 6.07) is 1.83. The van der Waals surface area contributed by atoms with Crippen molar-refractivity contribution in [1.82, 2.24) is 14.9 Å². The van der Waals surface area contributed by atoms with Gasteiger partial charge in [0.05, 0.1) is 7.11 Å². The molecule has 0 bridgehead atoms. The Balaban J connectivity index is 2.15. The van der Waals surface area contributed by atoms with Gasteiger partial charge in [0.25, 0.3) is 5.91 Å². The van der Waals surface area contributed by atoms with E-state index in [2.05, 4.69) is 21.9 Å². The van der Waals surface area contributed by atoms with E-state index in [9.17, 15) is 4.79 Å². The van der Waals surface area contributed by atoms with Gasteiger partial charge in [0.1, 0.15) is 11.8 Å². The van der Waals surface area contributed by atoms with Gasteiger partial charge in [0.15, 0.2) is 0 Å². The van der Waals surface area contributed by atoms with Gasteiger partial charge in [-0.25, -0.2) is 0 Å². The van der Waals surface area contributed by atoms with Crippen molar-refractivity contribution in [3.8, 4) is 11.9 Å². The maximum absolute atomic E-state index is 11.2. The van der Waals surface area contributed by atoms with E-state index in [4.69, 9.17) is 15.2 Å². The van der Waals surface area contributed by atoms with Crippen LogP contribution in [0.15, 0.2) is 6.07 Å². The molecule has 1 fully saturated rings. The number of likely N-dealkylation sites (N-methyl/N-ethyl adjacent to an activating group) is 1. The Labute approximate surface area is 118 Å². The van der Waals surface area contributed by atoms with Crippen LogP contribution in [0.25, 0.3) is 0 Å². The van der Waals surface area contributed by atoms with Crippen LogP contribution in [0.1, 0.15) is 30.3 Å². The first-order valence-electron chi connectivity index (χ1n) is 6.61. The number of likely N-dealkylation sites (tertiary alicyclic amines) is 1. The molecule has 1 aliphatic heterocycles. The number of aromatic nitrogens is 2. The Hall–Kier alpha value is -1.89. The topological polar surface area (TPSA) is 90.6 Å². The van der Waals surface area contributed by atoms with Gasteiger partial charge in [0.2, 0.25) is 5.88 Å². The first kappa shape index (κ1) is 14.5. The molecule has 1 aliphatic rings. The minimum Gasteiger partial charge on any atom is -0.481 e. The monoisotopic (exact) mass is 280 g/mol. The fraction of sp³-hybridized carbons (Fsp3) is 0.615. The lowest BCUT2D eigenvalue weighted by molar-refractivity contribution is 0.0979. The van der Waals surface area contributed by atoms with Crippen molar-refractivity contribution < 1.29 is 14.3 Å². The van der Waals surface area contributed by atoms with E-state index < -0.39 is 5.91 Å². The maximum Gasteiger partial charge on any atom is 0.320 e. The van der Waals surface area contributed by atoms with Crippen molar-refractivity contribution >= 4 is 5.91 Å². The second-order valence-corrected chi connectivity index (χ2v) is 4.96. The number of nitrogens with zero attached hydrogens (tertiary/aromatic N) is 3. The number of hydrogen-bond acceptors (Lipinski definition) is 6. The molecule has 1 aromatic heterocycles. The van der Waals surface area contributed by atoms with Gasteiger partial charge in [-0.05, 0) is 33.4 Å². The molecule has 7 heteroatoms. The van der Waals surface area contributed by atoms with Crippen LogP contribution in [0, 0.1) is 0 Å². The van der Waals surface area contributed by atoms with Gasteiger partial charge in [-0.2, -0.15) is 9.97 Å². The zero-order chi connectivity index (χ0) is 14.7. The summed E-state index contributed by atoms with van der Waals surface area (Å²) >= 11 is 0. The summed E-state index contributed by atoms with van der Waals surface area (Å²) in [4.78, 5) is 21.6. The van der Waals surface area contributed by atoms with Gasteiger partial charge in [-0.15, -0.1) is 0 Å². The average molecular weight is 280 g/mol. The zero-order valence-corrected chi connectivity index (χ0v) is 12.0. The molecule has 1 saturated heterocycles. The van der Waals surface area contributed by atoms with Crippen LogP contribution in [-0.2, 0) is 0 Å². The van der Waals surface area contributed by atoms with E-state index in [1.54, 1.807) is 0 Å². The minimum atomic E-state index is -0.638. The zero-order valence-electron chi connectivity index (χ0n) is 12.0. The van der Waals surface area contributed by atoms with E-state index in [-0.39, 0.29) is 23.7 Å². The summed E-state index contributed by atoms with van der Waals surface area (Å²) < 4.78 is 10.8. The van der Waals surface area contributed by atoms with Crippen molar-refractivity contribution in [2.45, 2.75) is 31.9 Å². The van der Waals surface area contributed by atoms with Gasteiger partial charge in [0, 0.05) is 12.1 Å². The lowest BCUT2D eigenvalue weighted by Crippen LogP contribution is -2.38. The van der Waals surface area contributed by atoms with Gasteiger partial charge in [-0.1, -0.05) is 0 Å². The molecule has 2 rings (SSSR count). The molecule has 7 nitrogen and oxygen atoms in total. The normalized spacial score (nSPS) is 20.6. The summed E-state index contributed by atoms with van der Waals surface area (Å²) in [5.74, 6) is -0.378. The summed E-state index contributed by atoms with van der Waals surface area (Å²) in [5.41, 5.74) is 5.31. The Bertz CT molecular complexity index is 495. The van der Waals surface area contributed by atoms with Crippen LogP contribution in [0.4, 0.5) is 0 Å². The highest BCUT2D eigenvalue weighted by Crippen LogP contribution is 2.22. The predicted molar refractivity (Wildman–Crippen MR) is 72.8 cm³/mol. The summed E-state index contributed by atoms with van der Waals surface area (Å²) in [7, 11) is 3.53. The molecule has 110 valence electrons. The number of methoxy groups -OCH3 is 1. The van der Waals surface area contributed by atoms with E-state index >= 15 is 0 Å². The van der Waals surface area contributed by atoms with Crippen LogP contribution < -0.4 is 15.2 Å². The number of ether oxygens (including phenoxy) is 2. The molecule has 1 amide bonds. The largest absolute Gasteiger partial charge is 0.481 e. The molecule has 2 heterocycles. The number of hydrogen-bond donors (Lipinski definition) is 1. The smallest absolute Gasteiger partial charge is 0.320 e. The van der Waals surface area contributed by atoms with Crippen LogP contribution in [0.5, 0.6) is 11.9 Å². The molecule has 0 unspecified atom stereocenters. The summed E-state index contributed by atoms with van der Waals surface area (Å²) in [6.45, 7) is 3.03. The molecule has 0 radical (unpaired) electrons. The highest BCUT2D eigenvalue weighted by atomic mass is 16.5. The lowest BCUT2D eigenvalue weighted by Gasteiger charge is -2.25. The molecule has 0 spiro atoms. The van der Waals surface area contributed by atoms with Crippen molar-refractivity contribution in [2.75, 3.05) is 20.7 Å².